The molecule has 0 spiro atoms. The lowest BCUT2D eigenvalue weighted by atomic mass is 10.2. The molecule has 6 nitrogen and oxygen atoms in total. The number of nitrogens with zero attached hydrogens (tertiary/aromatic N) is 4. The molecule has 2 aromatic heterocycles. The second kappa shape index (κ2) is 7.65. The predicted octanol–water partition coefficient (Wildman–Crippen LogP) is 3.27. The summed E-state index contributed by atoms with van der Waals surface area (Å²) in [5.41, 5.74) is 3.17. The second-order valence-corrected chi connectivity index (χ2v) is 6.74. The molecule has 25 heavy (non-hydrogen) atoms. The minimum Gasteiger partial charge on any atom is -0.352 e. The van der Waals surface area contributed by atoms with E-state index >= 15 is 0 Å². The normalized spacial score (nSPS) is 10.8. The van der Waals surface area contributed by atoms with Crippen LogP contribution < -0.4 is 5.32 Å². The van der Waals surface area contributed by atoms with Crippen molar-refractivity contribution in [3.05, 3.63) is 64.1 Å². The lowest BCUT2D eigenvalue weighted by molar-refractivity contribution is 0.0951. The van der Waals surface area contributed by atoms with E-state index in [9.17, 15) is 4.79 Å². The molecule has 0 aliphatic rings. The van der Waals surface area contributed by atoms with Gasteiger partial charge in [-0.3, -0.25) is 9.48 Å². The summed E-state index contributed by atoms with van der Waals surface area (Å²) in [5.74, 6) is -0.0844. The van der Waals surface area contributed by atoms with Gasteiger partial charge in [0.1, 0.15) is 0 Å². The predicted molar refractivity (Wildman–Crippen MR) is 99.9 cm³/mol. The molecule has 1 N–H and O–H groups in total. The summed E-state index contributed by atoms with van der Waals surface area (Å²) < 4.78 is 4.61. The average Bonchev–Trinajstić information content (AvgIpc) is 3.15. The summed E-state index contributed by atoms with van der Waals surface area (Å²) in [4.78, 5) is 12.6. The number of nitrogens with one attached hydrogen (secondary N) is 1. The van der Waals surface area contributed by atoms with Crippen LogP contribution in [0.1, 0.15) is 28.2 Å². The van der Waals surface area contributed by atoms with Gasteiger partial charge in [0.15, 0.2) is 0 Å². The second-order valence-electron chi connectivity index (χ2n) is 5.82. The molecular formula is C18H20BrN5O. The summed E-state index contributed by atoms with van der Waals surface area (Å²) >= 11 is 3.37. The van der Waals surface area contributed by atoms with Crippen LogP contribution >= 0.6 is 15.9 Å². The van der Waals surface area contributed by atoms with Crippen LogP contribution in [-0.4, -0.2) is 32.0 Å². The van der Waals surface area contributed by atoms with Crippen LogP contribution in [0.3, 0.4) is 0 Å². The lowest BCUT2D eigenvalue weighted by Gasteiger charge is -2.07. The number of amides is 1. The van der Waals surface area contributed by atoms with E-state index in [4.69, 9.17) is 0 Å². The zero-order valence-electron chi connectivity index (χ0n) is 14.2. The van der Waals surface area contributed by atoms with Gasteiger partial charge in [-0.15, -0.1) is 0 Å². The molecule has 1 amide bonds. The summed E-state index contributed by atoms with van der Waals surface area (Å²) in [6.45, 7) is 5.13. The van der Waals surface area contributed by atoms with E-state index in [0.717, 1.165) is 34.5 Å². The van der Waals surface area contributed by atoms with Crippen LogP contribution in [0.15, 0.2) is 47.2 Å². The molecule has 0 fully saturated rings. The molecule has 130 valence electrons. The van der Waals surface area contributed by atoms with Crippen molar-refractivity contribution in [2.24, 2.45) is 0 Å². The fraction of sp³-hybridized carbons (Fsp3) is 0.278. The summed E-state index contributed by atoms with van der Waals surface area (Å²) in [5, 5.41) is 11.7. The Morgan fingerprint density at radius 1 is 1.24 bits per heavy atom. The van der Waals surface area contributed by atoms with Crippen molar-refractivity contribution in [2.45, 2.75) is 26.8 Å². The number of rotatable bonds is 6. The van der Waals surface area contributed by atoms with Crippen LogP contribution in [0, 0.1) is 13.8 Å². The Morgan fingerprint density at radius 3 is 2.68 bits per heavy atom. The molecule has 0 saturated carbocycles. The highest BCUT2D eigenvalue weighted by molar-refractivity contribution is 9.10. The van der Waals surface area contributed by atoms with E-state index < -0.39 is 0 Å². The third-order valence-corrected chi connectivity index (χ3v) is 4.38. The molecule has 1 aromatic carbocycles. The smallest absolute Gasteiger partial charge is 0.255 e. The number of para-hydroxylation sites is 1. The third kappa shape index (κ3) is 3.99. The van der Waals surface area contributed by atoms with Gasteiger partial charge in [-0.05, 0) is 48.3 Å². The van der Waals surface area contributed by atoms with E-state index in [2.05, 4.69) is 31.4 Å². The first-order valence-electron chi connectivity index (χ1n) is 8.14. The molecule has 0 aliphatic heterocycles. The molecule has 0 aliphatic carbocycles. The zero-order chi connectivity index (χ0) is 17.8. The Balaban J connectivity index is 1.63. The average molecular weight is 402 g/mol. The summed E-state index contributed by atoms with van der Waals surface area (Å²) in [6, 6.07) is 9.83. The Morgan fingerprint density at radius 2 is 2.00 bits per heavy atom. The van der Waals surface area contributed by atoms with Gasteiger partial charge in [-0.1, -0.05) is 18.2 Å². The van der Waals surface area contributed by atoms with E-state index in [1.165, 1.54) is 0 Å². The number of benzene rings is 1. The van der Waals surface area contributed by atoms with Crippen LogP contribution in [0.25, 0.3) is 5.69 Å². The number of hydrogen-bond donors (Lipinski definition) is 1. The maximum absolute atomic E-state index is 12.6. The number of aromatic nitrogens is 4. The van der Waals surface area contributed by atoms with Crippen LogP contribution in [0.4, 0.5) is 0 Å². The fourth-order valence-electron chi connectivity index (χ4n) is 2.78. The van der Waals surface area contributed by atoms with Crippen molar-refractivity contribution in [1.82, 2.24) is 24.9 Å². The van der Waals surface area contributed by atoms with E-state index in [0.29, 0.717) is 12.1 Å². The number of carbonyl (C=O) groups excluding carboxylic acids is 1. The highest BCUT2D eigenvalue weighted by atomic mass is 79.9. The maximum Gasteiger partial charge on any atom is 0.255 e. The molecule has 2 heterocycles. The van der Waals surface area contributed by atoms with Crippen molar-refractivity contribution in [3.63, 3.8) is 0 Å². The summed E-state index contributed by atoms with van der Waals surface area (Å²) in [6.07, 6.45) is 4.48. The van der Waals surface area contributed by atoms with Crippen molar-refractivity contribution in [2.75, 3.05) is 6.54 Å². The minimum atomic E-state index is -0.0844. The highest BCUT2D eigenvalue weighted by Crippen LogP contribution is 2.17. The number of carbonyl (C=O) groups is 1. The van der Waals surface area contributed by atoms with E-state index in [1.54, 1.807) is 6.20 Å². The molecule has 0 atom stereocenters. The van der Waals surface area contributed by atoms with Gasteiger partial charge in [0.25, 0.3) is 5.91 Å². The Bertz CT molecular complexity index is 869. The molecule has 3 aromatic rings. The monoisotopic (exact) mass is 401 g/mol. The van der Waals surface area contributed by atoms with Crippen LogP contribution in [-0.2, 0) is 6.54 Å². The lowest BCUT2D eigenvalue weighted by Crippen LogP contribution is -2.26. The zero-order valence-corrected chi connectivity index (χ0v) is 15.8. The van der Waals surface area contributed by atoms with Gasteiger partial charge in [-0.25, -0.2) is 4.68 Å². The first kappa shape index (κ1) is 17.4. The molecule has 0 bridgehead atoms. The van der Waals surface area contributed by atoms with Crippen LogP contribution in [0.5, 0.6) is 0 Å². The van der Waals surface area contributed by atoms with Crippen molar-refractivity contribution < 1.29 is 4.79 Å². The first-order valence-corrected chi connectivity index (χ1v) is 8.93. The van der Waals surface area contributed by atoms with Crippen molar-refractivity contribution >= 4 is 21.8 Å². The largest absolute Gasteiger partial charge is 0.352 e. The van der Waals surface area contributed by atoms with Crippen molar-refractivity contribution in [3.8, 4) is 5.69 Å². The van der Waals surface area contributed by atoms with Gasteiger partial charge in [-0.2, -0.15) is 10.2 Å². The minimum absolute atomic E-state index is 0.0844. The topological polar surface area (TPSA) is 64.7 Å². The van der Waals surface area contributed by atoms with E-state index in [-0.39, 0.29) is 5.91 Å². The fourth-order valence-corrected chi connectivity index (χ4v) is 3.11. The Labute approximate surface area is 155 Å². The highest BCUT2D eigenvalue weighted by Gasteiger charge is 2.18. The number of halogens is 1. The molecule has 7 heteroatoms. The molecule has 0 unspecified atom stereocenters. The van der Waals surface area contributed by atoms with Crippen LogP contribution in [0.2, 0.25) is 0 Å². The van der Waals surface area contributed by atoms with Gasteiger partial charge < -0.3 is 5.32 Å². The van der Waals surface area contributed by atoms with Gasteiger partial charge >= 0.3 is 0 Å². The third-order valence-electron chi connectivity index (χ3n) is 3.97. The van der Waals surface area contributed by atoms with E-state index in [1.807, 2.05) is 59.7 Å². The molecule has 0 radical (unpaired) electrons. The quantitative estimate of drug-likeness (QED) is 0.644. The first-order chi connectivity index (χ1) is 12.1. The number of hydrogen-bond acceptors (Lipinski definition) is 3. The Kier molecular flexibility index (Phi) is 5.33. The van der Waals surface area contributed by atoms with Gasteiger partial charge in [0.2, 0.25) is 0 Å². The molecule has 0 saturated heterocycles. The van der Waals surface area contributed by atoms with Gasteiger partial charge in [0.05, 0.1) is 33.3 Å². The standard InChI is InChI=1S/C18H20BrN5O/c1-13-17(14(2)24(22-13)16-7-4-3-5-8-16)18(25)20-9-6-10-23-12-15(19)11-21-23/h3-5,7-8,11-12H,6,9-10H2,1-2H3,(H,20,25). The SMILES string of the molecule is Cc1nn(-c2ccccc2)c(C)c1C(=O)NCCCn1cc(Br)cn1. The maximum atomic E-state index is 12.6. The Hall–Kier alpha value is -2.41. The summed E-state index contributed by atoms with van der Waals surface area (Å²) in [7, 11) is 0. The number of aryl methyl sites for hydroxylation is 2. The molecular weight excluding hydrogens is 382 g/mol. The molecule has 3 rings (SSSR count). The van der Waals surface area contributed by atoms with Crippen molar-refractivity contribution in [1.29, 1.82) is 0 Å². The van der Waals surface area contributed by atoms with Gasteiger partial charge in [0, 0.05) is 19.3 Å².